The third-order valence-corrected chi connectivity index (χ3v) is 8.06. The number of hydrogen-bond acceptors (Lipinski definition) is 8. The van der Waals surface area contributed by atoms with E-state index < -0.39 is 0 Å². The van der Waals surface area contributed by atoms with Crippen molar-refractivity contribution < 1.29 is 0 Å². The molecule has 6 rings (SSSR count). The van der Waals surface area contributed by atoms with Gasteiger partial charge in [0.1, 0.15) is 11.9 Å². The molecule has 0 unspecified atom stereocenters. The van der Waals surface area contributed by atoms with Crippen LogP contribution in [-0.4, -0.2) is 85.9 Å². The van der Waals surface area contributed by atoms with Gasteiger partial charge in [-0.25, -0.2) is 4.98 Å². The summed E-state index contributed by atoms with van der Waals surface area (Å²) in [5, 5.41) is 14.0. The van der Waals surface area contributed by atoms with E-state index in [1.165, 1.54) is 11.4 Å². The molecule has 0 spiro atoms. The summed E-state index contributed by atoms with van der Waals surface area (Å²) in [5.41, 5.74) is 3.86. The van der Waals surface area contributed by atoms with Gasteiger partial charge < -0.3 is 20.0 Å². The molecule has 0 aliphatic carbocycles. The highest BCUT2D eigenvalue weighted by molar-refractivity contribution is 5.95. The summed E-state index contributed by atoms with van der Waals surface area (Å²) in [7, 11) is 0. The van der Waals surface area contributed by atoms with Crippen LogP contribution in [0, 0.1) is 11.3 Å². The average molecular weight is 483 g/mol. The molecule has 3 aliphatic heterocycles. The van der Waals surface area contributed by atoms with Gasteiger partial charge >= 0.3 is 0 Å². The first-order chi connectivity index (χ1) is 17.7. The molecule has 3 fully saturated rings. The zero-order valence-corrected chi connectivity index (χ0v) is 21.0. The molecule has 3 saturated heterocycles. The molecular formula is C28H34N8. The minimum atomic E-state index is 0.458. The van der Waals surface area contributed by atoms with E-state index in [1.807, 2.05) is 12.1 Å². The first kappa shape index (κ1) is 23.0. The maximum absolute atomic E-state index is 9.54. The summed E-state index contributed by atoms with van der Waals surface area (Å²) in [4.78, 5) is 19.4. The number of anilines is 3. The molecule has 1 N–H and O–H groups in total. The van der Waals surface area contributed by atoms with Crippen LogP contribution in [-0.2, 0) is 0 Å². The number of benzene rings is 1. The fourth-order valence-corrected chi connectivity index (χ4v) is 6.16. The molecule has 0 saturated carbocycles. The van der Waals surface area contributed by atoms with Gasteiger partial charge in [0.15, 0.2) is 0 Å². The van der Waals surface area contributed by atoms with Crippen LogP contribution in [0.4, 0.5) is 17.2 Å². The van der Waals surface area contributed by atoms with Crippen LogP contribution in [0.3, 0.4) is 0 Å². The van der Waals surface area contributed by atoms with E-state index in [1.54, 1.807) is 6.20 Å². The second kappa shape index (κ2) is 9.92. The van der Waals surface area contributed by atoms with E-state index >= 15 is 0 Å². The Morgan fingerprint density at radius 2 is 1.81 bits per heavy atom. The second-order valence-electron chi connectivity index (χ2n) is 10.2. The molecule has 5 heterocycles. The average Bonchev–Trinajstić information content (AvgIpc) is 3.16. The van der Waals surface area contributed by atoms with E-state index in [0.29, 0.717) is 17.6 Å². The van der Waals surface area contributed by atoms with Crippen molar-refractivity contribution in [3.8, 4) is 6.07 Å². The predicted molar refractivity (Wildman–Crippen MR) is 145 cm³/mol. The molecule has 2 atom stereocenters. The quantitative estimate of drug-likeness (QED) is 0.611. The van der Waals surface area contributed by atoms with Crippen LogP contribution < -0.4 is 20.0 Å². The summed E-state index contributed by atoms with van der Waals surface area (Å²) < 4.78 is 0. The van der Waals surface area contributed by atoms with Crippen molar-refractivity contribution in [2.45, 2.75) is 25.4 Å². The number of fused-ring (bicyclic) bond motifs is 2. The number of nitriles is 1. The lowest BCUT2D eigenvalue weighted by Gasteiger charge is -2.46. The van der Waals surface area contributed by atoms with Gasteiger partial charge in [0.05, 0.1) is 23.0 Å². The van der Waals surface area contributed by atoms with E-state index in [9.17, 15) is 5.26 Å². The number of hydrogen-bond donors (Lipinski definition) is 1. The maximum Gasteiger partial charge on any atom is 0.128 e. The lowest BCUT2D eigenvalue weighted by Crippen LogP contribution is -2.58. The first-order valence-electron chi connectivity index (χ1n) is 13.2. The second-order valence-corrected chi connectivity index (χ2v) is 10.2. The third kappa shape index (κ3) is 4.34. The zero-order chi connectivity index (χ0) is 24.5. The summed E-state index contributed by atoms with van der Waals surface area (Å²) in [6, 6.07) is 15.8. The molecule has 8 heteroatoms. The van der Waals surface area contributed by atoms with E-state index in [-0.39, 0.29) is 0 Å². The van der Waals surface area contributed by atoms with E-state index in [4.69, 9.17) is 4.98 Å². The minimum Gasteiger partial charge on any atom is -0.369 e. The van der Waals surface area contributed by atoms with E-state index in [0.717, 1.165) is 82.0 Å². The van der Waals surface area contributed by atoms with Crippen molar-refractivity contribution in [2.24, 2.45) is 0 Å². The maximum atomic E-state index is 9.54. The zero-order valence-electron chi connectivity index (χ0n) is 21.0. The summed E-state index contributed by atoms with van der Waals surface area (Å²) in [6.45, 7) is 11.5. The molecule has 8 nitrogen and oxygen atoms in total. The summed E-state index contributed by atoms with van der Waals surface area (Å²) in [5.74, 6) is 1.08. The molecule has 2 aromatic heterocycles. The van der Waals surface area contributed by atoms with Gasteiger partial charge in [-0.1, -0.05) is 0 Å². The highest BCUT2D eigenvalue weighted by Gasteiger charge is 2.35. The topological polar surface area (TPSA) is 74.6 Å². The smallest absolute Gasteiger partial charge is 0.128 e. The lowest BCUT2D eigenvalue weighted by atomic mass is 10.0. The summed E-state index contributed by atoms with van der Waals surface area (Å²) >= 11 is 0. The highest BCUT2D eigenvalue weighted by atomic mass is 15.3. The van der Waals surface area contributed by atoms with Crippen molar-refractivity contribution >= 4 is 28.1 Å². The Labute approximate surface area is 213 Å². The normalized spacial score (nSPS) is 23.3. The number of nitrogens with zero attached hydrogens (tertiary/aromatic N) is 7. The van der Waals surface area contributed by atoms with Crippen LogP contribution in [0.25, 0.3) is 10.9 Å². The Morgan fingerprint density at radius 1 is 0.917 bits per heavy atom. The lowest BCUT2D eigenvalue weighted by molar-refractivity contribution is 0.130. The molecular weight excluding hydrogens is 448 g/mol. The van der Waals surface area contributed by atoms with Crippen molar-refractivity contribution in [1.29, 1.82) is 5.26 Å². The van der Waals surface area contributed by atoms with Gasteiger partial charge in [0.25, 0.3) is 0 Å². The molecule has 0 amide bonds. The highest BCUT2D eigenvalue weighted by Crippen LogP contribution is 2.32. The van der Waals surface area contributed by atoms with Gasteiger partial charge in [-0.2, -0.15) is 5.26 Å². The van der Waals surface area contributed by atoms with Crippen LogP contribution in [0.15, 0.2) is 48.8 Å². The fourth-order valence-electron chi connectivity index (χ4n) is 6.16. The summed E-state index contributed by atoms with van der Waals surface area (Å²) in [6.07, 6.45) is 4.96. The van der Waals surface area contributed by atoms with Gasteiger partial charge in [-0.3, -0.25) is 9.88 Å². The van der Waals surface area contributed by atoms with Gasteiger partial charge in [-0.05, 0) is 49.7 Å². The number of rotatable bonds is 3. The molecule has 3 aromatic rings. The first-order valence-corrected chi connectivity index (χ1v) is 13.2. The number of aromatic nitrogens is 2. The Morgan fingerprint density at radius 3 is 2.61 bits per heavy atom. The third-order valence-electron chi connectivity index (χ3n) is 8.06. The van der Waals surface area contributed by atoms with Gasteiger partial charge in [0.2, 0.25) is 0 Å². The molecule has 0 bridgehead atoms. The van der Waals surface area contributed by atoms with Crippen LogP contribution in [0.5, 0.6) is 0 Å². The number of pyridine rings is 2. The van der Waals surface area contributed by atoms with Crippen molar-refractivity contribution in [3.05, 3.63) is 54.4 Å². The number of nitrogens with one attached hydrogen (secondary N) is 1. The minimum absolute atomic E-state index is 0.458. The van der Waals surface area contributed by atoms with Crippen molar-refractivity contribution in [2.75, 3.05) is 73.6 Å². The van der Waals surface area contributed by atoms with Gasteiger partial charge in [0, 0.05) is 88.3 Å². The monoisotopic (exact) mass is 482 g/mol. The van der Waals surface area contributed by atoms with Crippen LogP contribution >= 0.6 is 0 Å². The van der Waals surface area contributed by atoms with E-state index in [2.05, 4.69) is 73.4 Å². The Bertz CT molecular complexity index is 1250. The predicted octanol–water partition coefficient (Wildman–Crippen LogP) is 2.70. The number of piperazine rings is 2. The van der Waals surface area contributed by atoms with Gasteiger partial charge in [-0.15, -0.1) is 0 Å². The van der Waals surface area contributed by atoms with Crippen LogP contribution in [0.1, 0.15) is 18.9 Å². The molecule has 186 valence electrons. The Hall–Kier alpha value is -3.41. The SMILES string of the molecule is C[C@@H]1CN(c2ccc(C#N)c3ncccc23)C[C@@H]2CCN(c3ccc(N4CCNCC4)nc3)CCN21. The molecule has 3 aliphatic rings. The Balaban J connectivity index is 1.18. The molecule has 1 aromatic carbocycles. The molecule has 36 heavy (non-hydrogen) atoms. The Kier molecular flexibility index (Phi) is 6.34. The molecule has 0 radical (unpaired) electrons. The van der Waals surface area contributed by atoms with Crippen LogP contribution in [0.2, 0.25) is 0 Å². The largest absolute Gasteiger partial charge is 0.369 e. The standard InChI is InChI=1S/C28H34N8/c1-21-19-35(26-6-4-22(17-29)28-25(26)3-2-9-31-28)20-24-8-12-33(15-16-36(21)24)23-5-7-27(32-18-23)34-13-10-30-11-14-34/h2-7,9,18,21,24,30H,8,10-16,19-20H2,1H3/t21-,24+/m1/s1. The fraction of sp³-hybridized carbons (Fsp3) is 0.464. The van der Waals surface area contributed by atoms with Crippen molar-refractivity contribution in [3.63, 3.8) is 0 Å². The van der Waals surface area contributed by atoms with Crippen molar-refractivity contribution in [1.82, 2.24) is 20.2 Å².